The predicted octanol–water partition coefficient (Wildman–Crippen LogP) is -0.868. The summed E-state index contributed by atoms with van der Waals surface area (Å²) in [5, 5.41) is 0. The Morgan fingerprint density at radius 2 is 1.36 bits per heavy atom. The lowest BCUT2D eigenvalue weighted by molar-refractivity contribution is -0.858. The summed E-state index contributed by atoms with van der Waals surface area (Å²) < 4.78 is 0. The second-order valence-corrected chi connectivity index (χ2v) is 4.91. The summed E-state index contributed by atoms with van der Waals surface area (Å²) in [6.45, 7) is 5.97. The van der Waals surface area contributed by atoms with Gasteiger partial charge in [0.05, 0.1) is 20.6 Å². The van der Waals surface area contributed by atoms with Crippen LogP contribution in [-0.4, -0.2) is 20.6 Å². The first-order valence-corrected chi connectivity index (χ1v) is 5.92. The van der Waals surface area contributed by atoms with Crippen molar-refractivity contribution in [1.82, 2.24) is 0 Å². The van der Waals surface area contributed by atoms with Crippen LogP contribution in [0.25, 0.3) is 0 Å². The molecule has 0 aromatic rings. The molecule has 0 saturated heterocycles. The van der Waals surface area contributed by atoms with Gasteiger partial charge in [-0.3, -0.25) is 0 Å². The normalized spacial score (nSPS) is 10.7. The SMILES string of the molecule is CC(C)CCCCCCC[NH+](C)C.[Cl-]. The predicted molar refractivity (Wildman–Crippen MR) is 60.2 cm³/mol. The molecule has 0 aliphatic carbocycles. The first-order valence-electron chi connectivity index (χ1n) is 5.92. The van der Waals surface area contributed by atoms with E-state index in [1.807, 2.05) is 0 Å². The number of hydrogen-bond donors (Lipinski definition) is 1. The zero-order valence-corrected chi connectivity index (χ0v) is 11.2. The molecule has 0 radical (unpaired) electrons. The monoisotopic (exact) mass is 221 g/mol. The summed E-state index contributed by atoms with van der Waals surface area (Å²) in [7, 11) is 4.47. The van der Waals surface area contributed by atoms with E-state index in [9.17, 15) is 0 Å². The van der Waals surface area contributed by atoms with Gasteiger partial charge in [0, 0.05) is 0 Å². The highest BCUT2D eigenvalue weighted by atomic mass is 35.5. The summed E-state index contributed by atoms with van der Waals surface area (Å²) in [5.41, 5.74) is 0. The maximum Gasteiger partial charge on any atom is 0.0766 e. The summed E-state index contributed by atoms with van der Waals surface area (Å²) in [5.74, 6) is 0.895. The largest absolute Gasteiger partial charge is 1.00 e. The second kappa shape index (κ2) is 11.3. The summed E-state index contributed by atoms with van der Waals surface area (Å²) in [4.78, 5) is 1.59. The minimum atomic E-state index is 0. The van der Waals surface area contributed by atoms with Gasteiger partial charge >= 0.3 is 0 Å². The fraction of sp³-hybridized carbons (Fsp3) is 1.00. The molecular weight excluding hydrogens is 194 g/mol. The van der Waals surface area contributed by atoms with Crippen molar-refractivity contribution in [1.29, 1.82) is 0 Å². The molecule has 1 nitrogen and oxygen atoms in total. The summed E-state index contributed by atoms with van der Waals surface area (Å²) >= 11 is 0. The van der Waals surface area contributed by atoms with Crippen LogP contribution >= 0.6 is 0 Å². The van der Waals surface area contributed by atoms with Gasteiger partial charge in [-0.2, -0.15) is 0 Å². The number of nitrogens with one attached hydrogen (secondary N) is 1. The Balaban J connectivity index is 0. The Morgan fingerprint density at radius 1 is 0.857 bits per heavy atom. The Labute approximate surface area is 96.7 Å². The average Bonchev–Trinajstić information content (AvgIpc) is 2.01. The Hall–Kier alpha value is 0.250. The van der Waals surface area contributed by atoms with Crippen LogP contribution in [0.15, 0.2) is 0 Å². The zero-order valence-electron chi connectivity index (χ0n) is 10.4. The van der Waals surface area contributed by atoms with Crippen molar-refractivity contribution in [2.45, 2.75) is 52.4 Å². The van der Waals surface area contributed by atoms with Crippen molar-refractivity contribution < 1.29 is 17.3 Å². The second-order valence-electron chi connectivity index (χ2n) is 4.91. The first-order chi connectivity index (χ1) is 6.13. The van der Waals surface area contributed by atoms with Crippen LogP contribution in [0.2, 0.25) is 0 Å². The van der Waals surface area contributed by atoms with E-state index in [1.54, 1.807) is 4.90 Å². The van der Waals surface area contributed by atoms with Crippen LogP contribution in [0.4, 0.5) is 0 Å². The third kappa shape index (κ3) is 14.8. The lowest BCUT2D eigenvalue weighted by atomic mass is 10.0. The molecule has 0 fully saturated rings. The third-order valence-electron chi connectivity index (χ3n) is 2.46. The quantitative estimate of drug-likeness (QED) is 0.509. The van der Waals surface area contributed by atoms with Gasteiger partial charge in [0.2, 0.25) is 0 Å². The molecule has 0 unspecified atom stereocenters. The van der Waals surface area contributed by atoms with Crippen molar-refractivity contribution in [2.75, 3.05) is 20.6 Å². The number of unbranched alkanes of at least 4 members (excludes halogenated alkanes) is 4. The maximum atomic E-state index is 2.31. The average molecular weight is 222 g/mol. The fourth-order valence-electron chi connectivity index (χ4n) is 1.56. The van der Waals surface area contributed by atoms with E-state index in [0.29, 0.717) is 0 Å². The van der Waals surface area contributed by atoms with E-state index < -0.39 is 0 Å². The van der Waals surface area contributed by atoms with E-state index >= 15 is 0 Å². The summed E-state index contributed by atoms with van der Waals surface area (Å²) in [6.07, 6.45) is 8.58. The molecule has 0 aromatic carbocycles. The number of quaternary nitrogens is 1. The third-order valence-corrected chi connectivity index (χ3v) is 2.46. The van der Waals surface area contributed by atoms with E-state index in [4.69, 9.17) is 0 Å². The number of halogens is 1. The molecule has 0 atom stereocenters. The number of hydrogen-bond acceptors (Lipinski definition) is 0. The standard InChI is InChI=1S/C12H27N.ClH/c1-12(2)10-8-6-5-7-9-11-13(3)4;/h12H,5-11H2,1-4H3;1H. The first kappa shape index (κ1) is 16.7. The Kier molecular flexibility index (Phi) is 13.5. The van der Waals surface area contributed by atoms with Crippen LogP contribution in [0.3, 0.4) is 0 Å². The molecule has 0 aliphatic heterocycles. The molecular formula is C12H28ClN. The minimum Gasteiger partial charge on any atom is -1.00 e. The van der Waals surface area contributed by atoms with Crippen molar-refractivity contribution in [3.63, 3.8) is 0 Å². The van der Waals surface area contributed by atoms with E-state index in [2.05, 4.69) is 27.9 Å². The van der Waals surface area contributed by atoms with Gasteiger partial charge in [-0.1, -0.05) is 39.5 Å². The molecule has 88 valence electrons. The highest BCUT2D eigenvalue weighted by Crippen LogP contribution is 2.09. The Morgan fingerprint density at radius 3 is 1.86 bits per heavy atom. The lowest BCUT2D eigenvalue weighted by Gasteiger charge is -2.07. The highest BCUT2D eigenvalue weighted by molar-refractivity contribution is 4.47. The topological polar surface area (TPSA) is 4.44 Å². The van der Waals surface area contributed by atoms with Gasteiger partial charge in [-0.15, -0.1) is 0 Å². The highest BCUT2D eigenvalue weighted by Gasteiger charge is 1.96. The van der Waals surface area contributed by atoms with Gasteiger partial charge in [0.1, 0.15) is 0 Å². The molecule has 0 saturated carbocycles. The van der Waals surface area contributed by atoms with Crippen molar-refractivity contribution >= 4 is 0 Å². The van der Waals surface area contributed by atoms with Gasteiger partial charge < -0.3 is 17.3 Å². The number of rotatable bonds is 8. The van der Waals surface area contributed by atoms with Gasteiger partial charge in [0.15, 0.2) is 0 Å². The molecule has 2 heteroatoms. The van der Waals surface area contributed by atoms with E-state index in [-0.39, 0.29) is 12.4 Å². The molecule has 0 heterocycles. The fourth-order valence-corrected chi connectivity index (χ4v) is 1.56. The van der Waals surface area contributed by atoms with E-state index in [0.717, 1.165) is 5.92 Å². The molecule has 0 aromatic heterocycles. The van der Waals surface area contributed by atoms with Crippen molar-refractivity contribution in [3.8, 4) is 0 Å². The van der Waals surface area contributed by atoms with Crippen LogP contribution in [0.5, 0.6) is 0 Å². The van der Waals surface area contributed by atoms with Crippen LogP contribution < -0.4 is 17.3 Å². The van der Waals surface area contributed by atoms with Gasteiger partial charge in [-0.25, -0.2) is 0 Å². The Bertz CT molecular complexity index is 90.5. The molecule has 0 spiro atoms. The molecule has 0 bridgehead atoms. The molecule has 0 rings (SSSR count). The van der Waals surface area contributed by atoms with Gasteiger partial charge in [0.25, 0.3) is 0 Å². The van der Waals surface area contributed by atoms with Crippen molar-refractivity contribution in [3.05, 3.63) is 0 Å². The molecule has 0 amide bonds. The zero-order chi connectivity index (χ0) is 10.1. The van der Waals surface area contributed by atoms with Crippen molar-refractivity contribution in [2.24, 2.45) is 5.92 Å². The van der Waals surface area contributed by atoms with E-state index in [1.165, 1.54) is 45.1 Å². The lowest BCUT2D eigenvalue weighted by Crippen LogP contribution is -3.05. The smallest absolute Gasteiger partial charge is 0.0766 e. The molecule has 14 heavy (non-hydrogen) atoms. The van der Waals surface area contributed by atoms with Crippen LogP contribution in [0, 0.1) is 5.92 Å². The molecule has 0 aliphatic rings. The van der Waals surface area contributed by atoms with Gasteiger partial charge in [-0.05, 0) is 18.8 Å². The van der Waals surface area contributed by atoms with Crippen LogP contribution in [-0.2, 0) is 0 Å². The van der Waals surface area contributed by atoms with Crippen LogP contribution in [0.1, 0.15) is 52.4 Å². The summed E-state index contributed by atoms with van der Waals surface area (Å²) in [6, 6.07) is 0. The molecule has 1 N–H and O–H groups in total. The minimum absolute atomic E-state index is 0. The maximum absolute atomic E-state index is 2.31.